The van der Waals surface area contributed by atoms with Gasteiger partial charge >= 0.3 is 0 Å². The van der Waals surface area contributed by atoms with Gasteiger partial charge in [0.2, 0.25) is 0 Å². The third-order valence-corrected chi connectivity index (χ3v) is 11.2. The summed E-state index contributed by atoms with van der Waals surface area (Å²) < 4.78 is 9.19. The molecule has 4 aliphatic carbocycles. The molecule has 0 amide bonds. The van der Waals surface area contributed by atoms with Crippen molar-refractivity contribution in [1.29, 1.82) is 0 Å². The van der Waals surface area contributed by atoms with Crippen LogP contribution in [0, 0.1) is 11.8 Å². The Kier molecular flexibility index (Phi) is 4.29. The van der Waals surface area contributed by atoms with Crippen LogP contribution in [-0.2, 0) is 5.41 Å². The topological polar surface area (TPSA) is 18.1 Å². The lowest BCUT2D eigenvalue weighted by molar-refractivity contribution is 0.653. The third-order valence-electron chi connectivity index (χ3n) is 11.2. The Morgan fingerprint density at radius 3 is 2.24 bits per heavy atom. The molecule has 0 saturated carbocycles. The fourth-order valence-corrected chi connectivity index (χ4v) is 9.17. The molecule has 0 fully saturated rings. The second kappa shape index (κ2) is 8.02. The van der Waals surface area contributed by atoms with Gasteiger partial charge in [-0.05, 0) is 69.3 Å². The number of nitrogens with zero attached hydrogens (tertiary/aromatic N) is 1. The molecule has 4 aliphatic rings. The van der Waals surface area contributed by atoms with E-state index in [1.165, 1.54) is 82.8 Å². The van der Waals surface area contributed by atoms with Crippen LogP contribution >= 0.6 is 0 Å². The van der Waals surface area contributed by atoms with Crippen LogP contribution in [0.2, 0.25) is 0 Å². The molecule has 5 aromatic carbocycles. The zero-order valence-corrected chi connectivity index (χ0v) is 25.1. The zero-order valence-electron chi connectivity index (χ0n) is 25.1. The van der Waals surface area contributed by atoms with Gasteiger partial charge in [-0.2, -0.15) is 0 Å². The maximum absolute atomic E-state index is 6.62. The van der Waals surface area contributed by atoms with Gasteiger partial charge in [0.05, 0.1) is 11.0 Å². The van der Waals surface area contributed by atoms with E-state index in [4.69, 9.17) is 4.42 Å². The lowest BCUT2D eigenvalue weighted by Gasteiger charge is -2.32. The Balaban J connectivity index is 1.20. The number of hydrogen-bond donors (Lipinski definition) is 0. The lowest BCUT2D eigenvalue weighted by Crippen LogP contribution is -2.21. The highest BCUT2D eigenvalue weighted by molar-refractivity contribution is 6.16. The molecule has 0 saturated heterocycles. The van der Waals surface area contributed by atoms with E-state index < -0.39 is 0 Å². The average molecular weight is 576 g/mol. The predicted molar refractivity (Wildman–Crippen MR) is 187 cm³/mol. The van der Waals surface area contributed by atoms with E-state index in [0.717, 1.165) is 11.2 Å². The van der Waals surface area contributed by atoms with Crippen LogP contribution < -0.4 is 0 Å². The summed E-state index contributed by atoms with van der Waals surface area (Å²) in [6.45, 7) is 4.74. The molecule has 45 heavy (non-hydrogen) atoms. The fraction of sp³-hybridized carbons (Fsp3) is 0.116. The minimum Gasteiger partial charge on any atom is -0.455 e. The zero-order chi connectivity index (χ0) is 29.6. The average Bonchev–Trinajstić information content (AvgIpc) is 3.78. The standard InChI is InChI=1S/C43H29NO/c1-43(2)34-20-18-30-27-13-6-8-17-39(27)45-42(30)41(34)33-22-32-26-12-5-7-16-36(26)44(38(32)23-35(33)43)37-21-19-29-25-11-4-3-10-24(25)28-14-9-15-31(37)40(28)29/h3-23,31,40H,1-2H3. The molecule has 0 radical (unpaired) electrons. The first-order chi connectivity index (χ1) is 22.1. The molecule has 0 aliphatic heterocycles. The van der Waals surface area contributed by atoms with Gasteiger partial charge in [0.25, 0.3) is 0 Å². The normalized spacial score (nSPS) is 20.3. The monoisotopic (exact) mass is 575 g/mol. The highest BCUT2D eigenvalue weighted by atomic mass is 16.3. The Bertz CT molecular complexity index is 2630. The van der Waals surface area contributed by atoms with E-state index >= 15 is 0 Å². The summed E-state index contributed by atoms with van der Waals surface area (Å²) in [6, 6.07) is 35.8. The number of rotatable bonds is 1. The Morgan fingerprint density at radius 2 is 1.38 bits per heavy atom. The molecule has 2 nitrogen and oxygen atoms in total. The largest absolute Gasteiger partial charge is 0.455 e. The summed E-state index contributed by atoms with van der Waals surface area (Å²) in [5, 5.41) is 4.95. The van der Waals surface area contributed by atoms with Crippen LogP contribution in [0.4, 0.5) is 0 Å². The first-order valence-corrected chi connectivity index (χ1v) is 16.0. The SMILES string of the molecule is CC1(C)c2cc3c(cc2-c2c1ccc1c2oc2ccccc21)c1ccccc1n3C1=CC=C2c3ccccc3C3=CC=CC1C32. The molecule has 0 spiro atoms. The summed E-state index contributed by atoms with van der Waals surface area (Å²) in [7, 11) is 0. The second-order valence-electron chi connectivity index (χ2n) is 13.6. The van der Waals surface area contributed by atoms with Crippen LogP contribution in [0.15, 0.2) is 132 Å². The summed E-state index contributed by atoms with van der Waals surface area (Å²) in [5.74, 6) is 0.616. The van der Waals surface area contributed by atoms with E-state index in [2.05, 4.69) is 146 Å². The maximum atomic E-state index is 6.62. The van der Waals surface area contributed by atoms with Crippen molar-refractivity contribution in [3.8, 4) is 11.1 Å². The summed E-state index contributed by atoms with van der Waals surface area (Å²) >= 11 is 0. The Hall–Kier alpha value is -5.34. The van der Waals surface area contributed by atoms with Gasteiger partial charge in [0.1, 0.15) is 11.2 Å². The number of hydrogen-bond acceptors (Lipinski definition) is 1. The van der Waals surface area contributed by atoms with Crippen molar-refractivity contribution in [2.75, 3.05) is 0 Å². The lowest BCUT2D eigenvalue weighted by atomic mass is 9.75. The molecule has 2 heteroatoms. The molecular weight excluding hydrogens is 546 g/mol. The molecule has 11 rings (SSSR count). The van der Waals surface area contributed by atoms with E-state index in [9.17, 15) is 0 Å². The third kappa shape index (κ3) is 2.82. The maximum Gasteiger partial charge on any atom is 0.143 e. The molecule has 212 valence electrons. The van der Waals surface area contributed by atoms with Gasteiger partial charge in [0.15, 0.2) is 0 Å². The quantitative estimate of drug-likeness (QED) is 0.190. The van der Waals surface area contributed by atoms with Crippen LogP contribution in [-0.4, -0.2) is 4.57 Å². The van der Waals surface area contributed by atoms with Crippen molar-refractivity contribution in [3.05, 3.63) is 150 Å². The van der Waals surface area contributed by atoms with Crippen LogP contribution in [0.1, 0.15) is 36.1 Å². The number of benzene rings is 5. The second-order valence-corrected chi connectivity index (χ2v) is 13.6. The Labute approximate surface area is 260 Å². The number of allylic oxidation sites excluding steroid dienone is 8. The van der Waals surface area contributed by atoms with E-state index in [1.54, 1.807) is 0 Å². The minimum absolute atomic E-state index is 0.158. The van der Waals surface area contributed by atoms with Gasteiger partial charge in [-0.25, -0.2) is 0 Å². The molecule has 2 unspecified atom stereocenters. The van der Waals surface area contributed by atoms with Crippen molar-refractivity contribution < 1.29 is 4.42 Å². The predicted octanol–water partition coefficient (Wildman–Crippen LogP) is 11.1. The van der Waals surface area contributed by atoms with Crippen LogP contribution in [0.25, 0.3) is 71.7 Å². The molecule has 7 aromatic rings. The van der Waals surface area contributed by atoms with Gasteiger partial charge in [-0.3, -0.25) is 0 Å². The van der Waals surface area contributed by atoms with Gasteiger partial charge < -0.3 is 8.98 Å². The Morgan fingerprint density at radius 1 is 0.622 bits per heavy atom. The fourth-order valence-electron chi connectivity index (χ4n) is 9.17. The number of fused-ring (bicyclic) bond motifs is 13. The van der Waals surface area contributed by atoms with Gasteiger partial charge in [-0.15, -0.1) is 0 Å². The number of para-hydroxylation sites is 2. The van der Waals surface area contributed by atoms with Gasteiger partial charge in [0, 0.05) is 50.1 Å². The first kappa shape index (κ1) is 24.0. The van der Waals surface area contributed by atoms with Crippen molar-refractivity contribution in [2.45, 2.75) is 19.3 Å². The smallest absolute Gasteiger partial charge is 0.143 e. The van der Waals surface area contributed by atoms with E-state index in [-0.39, 0.29) is 11.3 Å². The molecule has 2 heterocycles. The molecule has 0 N–H and O–H groups in total. The number of furan rings is 1. The van der Waals surface area contributed by atoms with Gasteiger partial charge in [-0.1, -0.05) is 111 Å². The highest BCUT2D eigenvalue weighted by Gasteiger charge is 2.42. The van der Waals surface area contributed by atoms with Crippen molar-refractivity contribution >= 4 is 60.6 Å². The van der Waals surface area contributed by atoms with Crippen molar-refractivity contribution in [3.63, 3.8) is 0 Å². The summed E-state index contributed by atoms with van der Waals surface area (Å²) in [4.78, 5) is 0. The van der Waals surface area contributed by atoms with E-state index in [1.807, 2.05) is 0 Å². The highest BCUT2D eigenvalue weighted by Crippen LogP contribution is 2.57. The van der Waals surface area contributed by atoms with Crippen LogP contribution in [0.5, 0.6) is 0 Å². The summed E-state index contributed by atoms with van der Waals surface area (Å²) in [5.41, 5.74) is 16.6. The van der Waals surface area contributed by atoms with Crippen molar-refractivity contribution in [1.82, 2.24) is 4.57 Å². The number of aromatic nitrogens is 1. The van der Waals surface area contributed by atoms with E-state index in [0.29, 0.717) is 5.92 Å². The van der Waals surface area contributed by atoms with Crippen molar-refractivity contribution in [2.24, 2.45) is 11.8 Å². The first-order valence-electron chi connectivity index (χ1n) is 16.0. The molecule has 2 atom stereocenters. The molecular formula is C43H29NO. The summed E-state index contributed by atoms with van der Waals surface area (Å²) in [6.07, 6.45) is 11.8. The minimum atomic E-state index is -0.158. The van der Waals surface area contributed by atoms with Crippen LogP contribution in [0.3, 0.4) is 0 Å². The molecule has 0 bridgehead atoms. The molecule has 2 aromatic heterocycles.